The van der Waals surface area contributed by atoms with Crippen LogP contribution in [0.3, 0.4) is 0 Å². The molecule has 8 nitrogen and oxygen atoms in total. The molecule has 0 bridgehead atoms. The van der Waals surface area contributed by atoms with Gasteiger partial charge in [-0.15, -0.1) is 0 Å². The van der Waals surface area contributed by atoms with Gasteiger partial charge >= 0.3 is 12.1 Å². The molecule has 1 atom stereocenters. The molecule has 1 aromatic carbocycles. The molecule has 30 heavy (non-hydrogen) atoms. The maximum atomic E-state index is 12.1. The van der Waals surface area contributed by atoms with Crippen molar-refractivity contribution < 1.29 is 28.7 Å². The molecule has 8 heteroatoms. The number of carbonyl (C=O) groups excluding carboxylic acids is 2. The van der Waals surface area contributed by atoms with Crippen molar-refractivity contribution >= 4 is 17.8 Å². The van der Waals surface area contributed by atoms with Gasteiger partial charge in [0.15, 0.2) is 0 Å². The van der Waals surface area contributed by atoms with Crippen molar-refractivity contribution in [2.75, 3.05) is 0 Å². The predicted octanol–water partition coefficient (Wildman–Crippen LogP) is 5.96. The number of non-ortho nitro benzene ring substituents is 1. The molecule has 0 aliphatic rings. The lowest BCUT2D eigenvalue weighted by atomic mass is 10.0. The molecule has 0 spiro atoms. The molecule has 1 unspecified atom stereocenters. The van der Waals surface area contributed by atoms with Gasteiger partial charge in [0, 0.05) is 18.6 Å². The molecule has 1 rings (SSSR count). The van der Waals surface area contributed by atoms with E-state index in [1.54, 1.807) is 13.8 Å². The largest absolute Gasteiger partial charge is 0.514 e. The molecule has 0 aliphatic carbocycles. The first-order valence-electron chi connectivity index (χ1n) is 10.6. The first kappa shape index (κ1) is 25.4. The molecule has 0 heterocycles. The Balaban J connectivity index is 2.54. The number of benzene rings is 1. The fourth-order valence-corrected chi connectivity index (χ4v) is 2.91. The highest BCUT2D eigenvalue weighted by Crippen LogP contribution is 2.20. The number of ether oxygens (including phenoxy) is 3. The van der Waals surface area contributed by atoms with Gasteiger partial charge in [-0.05, 0) is 45.2 Å². The Morgan fingerprint density at radius 1 is 0.967 bits per heavy atom. The quantitative estimate of drug-likeness (QED) is 0.119. The lowest BCUT2D eigenvalue weighted by molar-refractivity contribution is -0.384. The Morgan fingerprint density at radius 2 is 1.60 bits per heavy atom. The third-order valence-electron chi connectivity index (χ3n) is 4.43. The second kappa shape index (κ2) is 14.4. The second-order valence-corrected chi connectivity index (χ2v) is 7.48. The van der Waals surface area contributed by atoms with E-state index in [9.17, 15) is 19.7 Å². The first-order chi connectivity index (χ1) is 14.3. The summed E-state index contributed by atoms with van der Waals surface area (Å²) in [5, 5.41) is 10.7. The normalized spacial score (nSPS) is 11.7. The van der Waals surface area contributed by atoms with Crippen LogP contribution in [0.25, 0.3) is 0 Å². The average Bonchev–Trinajstić information content (AvgIpc) is 2.68. The number of nitrogens with zero attached hydrogens (tertiary/aromatic N) is 1. The lowest BCUT2D eigenvalue weighted by Gasteiger charge is -2.18. The summed E-state index contributed by atoms with van der Waals surface area (Å²) >= 11 is 0. The van der Waals surface area contributed by atoms with Gasteiger partial charge in [-0.25, -0.2) is 4.79 Å². The molecule has 0 fully saturated rings. The van der Waals surface area contributed by atoms with Gasteiger partial charge in [0.25, 0.3) is 5.69 Å². The van der Waals surface area contributed by atoms with E-state index >= 15 is 0 Å². The van der Waals surface area contributed by atoms with E-state index in [1.165, 1.54) is 43.5 Å². The van der Waals surface area contributed by atoms with Gasteiger partial charge in [-0.2, -0.15) is 0 Å². The summed E-state index contributed by atoms with van der Waals surface area (Å²) in [5.41, 5.74) is -0.0969. The number of rotatable bonds is 14. The summed E-state index contributed by atoms with van der Waals surface area (Å²) in [6.45, 7) is 5.73. The molecule has 0 saturated carbocycles. The predicted molar refractivity (Wildman–Crippen MR) is 112 cm³/mol. The molecule has 0 N–H and O–H groups in total. The monoisotopic (exact) mass is 423 g/mol. The third-order valence-corrected chi connectivity index (χ3v) is 4.43. The van der Waals surface area contributed by atoms with E-state index in [-0.39, 0.29) is 29.9 Å². The summed E-state index contributed by atoms with van der Waals surface area (Å²) in [5.74, 6) is -0.173. The zero-order valence-electron chi connectivity index (χ0n) is 18.1. The van der Waals surface area contributed by atoms with Crippen LogP contribution < -0.4 is 4.74 Å². The number of nitro benzene ring substituents is 1. The highest BCUT2D eigenvalue weighted by molar-refractivity contribution is 5.69. The van der Waals surface area contributed by atoms with Crippen molar-refractivity contribution in [2.24, 2.45) is 0 Å². The van der Waals surface area contributed by atoms with Crippen LogP contribution in [-0.2, 0) is 14.3 Å². The van der Waals surface area contributed by atoms with Crippen LogP contribution in [0.5, 0.6) is 5.75 Å². The van der Waals surface area contributed by atoms with Crippen molar-refractivity contribution in [3.05, 3.63) is 34.4 Å². The Bertz CT molecular complexity index is 658. The van der Waals surface area contributed by atoms with Crippen LogP contribution in [0.4, 0.5) is 10.5 Å². The lowest BCUT2D eigenvalue weighted by Crippen LogP contribution is -2.23. The van der Waals surface area contributed by atoms with Gasteiger partial charge in [0.05, 0.1) is 11.0 Å². The first-order valence-corrected chi connectivity index (χ1v) is 10.6. The Kier molecular flexibility index (Phi) is 12.2. The second-order valence-electron chi connectivity index (χ2n) is 7.48. The van der Waals surface area contributed by atoms with Gasteiger partial charge in [-0.1, -0.05) is 39.0 Å². The van der Waals surface area contributed by atoms with E-state index in [0.717, 1.165) is 19.3 Å². The van der Waals surface area contributed by atoms with Crippen molar-refractivity contribution in [3.63, 3.8) is 0 Å². The summed E-state index contributed by atoms with van der Waals surface area (Å²) in [7, 11) is 0. The van der Waals surface area contributed by atoms with Crippen LogP contribution >= 0.6 is 0 Å². The van der Waals surface area contributed by atoms with Crippen LogP contribution in [0.15, 0.2) is 24.3 Å². The molecule has 0 aliphatic heterocycles. The van der Waals surface area contributed by atoms with Crippen molar-refractivity contribution in [1.82, 2.24) is 0 Å². The number of nitro groups is 1. The highest BCUT2D eigenvalue weighted by Gasteiger charge is 2.19. The molecule has 1 aromatic rings. The number of esters is 1. The molecule has 0 radical (unpaired) electrons. The number of unbranched alkanes of at least 4 members (excludes halogenated alkanes) is 5. The third kappa shape index (κ3) is 11.4. The van der Waals surface area contributed by atoms with Crippen LogP contribution in [0.1, 0.15) is 78.6 Å². The summed E-state index contributed by atoms with van der Waals surface area (Å²) in [6, 6.07) is 5.17. The van der Waals surface area contributed by atoms with Crippen LogP contribution in [-0.4, -0.2) is 29.3 Å². The van der Waals surface area contributed by atoms with Crippen molar-refractivity contribution in [2.45, 2.75) is 90.8 Å². The maximum Gasteiger partial charge on any atom is 0.514 e. The molecule has 0 saturated heterocycles. The van der Waals surface area contributed by atoms with E-state index in [1.807, 2.05) is 0 Å². The minimum Gasteiger partial charge on any atom is -0.463 e. The number of hydrogen-bond acceptors (Lipinski definition) is 7. The molecular weight excluding hydrogens is 390 g/mol. The summed E-state index contributed by atoms with van der Waals surface area (Å²) in [6.07, 6.45) is 6.23. The zero-order valence-corrected chi connectivity index (χ0v) is 18.1. The Hall–Kier alpha value is -2.64. The summed E-state index contributed by atoms with van der Waals surface area (Å²) < 4.78 is 15.7. The van der Waals surface area contributed by atoms with E-state index < -0.39 is 17.2 Å². The summed E-state index contributed by atoms with van der Waals surface area (Å²) in [4.78, 5) is 34.1. The van der Waals surface area contributed by atoms with E-state index in [4.69, 9.17) is 14.2 Å². The molecule has 168 valence electrons. The Morgan fingerprint density at radius 3 is 2.20 bits per heavy atom. The SMILES string of the molecule is CCCCCCCCC(CCC(=O)OC(C)C)OC(=O)Oc1ccc([N+](=O)[O-])cc1. The molecular formula is C22H33NO7. The standard InChI is InChI=1S/C22H33NO7/c1-4-5-6-7-8-9-10-19(15-16-21(24)28-17(2)3)29-22(25)30-20-13-11-18(12-14-20)23(26)27/h11-14,17,19H,4-10,15-16H2,1-3H3. The van der Waals surface area contributed by atoms with E-state index in [0.29, 0.717) is 12.8 Å². The zero-order chi connectivity index (χ0) is 22.4. The number of hydrogen-bond donors (Lipinski definition) is 0. The minimum atomic E-state index is -0.892. The highest BCUT2D eigenvalue weighted by atomic mass is 16.7. The van der Waals surface area contributed by atoms with Crippen LogP contribution in [0.2, 0.25) is 0 Å². The fraction of sp³-hybridized carbons (Fsp3) is 0.636. The molecule has 0 amide bonds. The smallest absolute Gasteiger partial charge is 0.463 e. The van der Waals surface area contributed by atoms with Gasteiger partial charge < -0.3 is 14.2 Å². The van der Waals surface area contributed by atoms with Crippen molar-refractivity contribution in [3.8, 4) is 5.75 Å². The topological polar surface area (TPSA) is 105 Å². The fourth-order valence-electron chi connectivity index (χ4n) is 2.91. The van der Waals surface area contributed by atoms with Gasteiger partial charge in [0.2, 0.25) is 0 Å². The van der Waals surface area contributed by atoms with Crippen LogP contribution in [0, 0.1) is 10.1 Å². The average molecular weight is 424 g/mol. The minimum absolute atomic E-state index is 0.0969. The van der Waals surface area contributed by atoms with E-state index in [2.05, 4.69) is 6.92 Å². The van der Waals surface area contributed by atoms with Gasteiger partial charge in [0.1, 0.15) is 11.9 Å². The molecule has 0 aromatic heterocycles. The maximum absolute atomic E-state index is 12.1. The van der Waals surface area contributed by atoms with Gasteiger partial charge in [-0.3, -0.25) is 14.9 Å². The van der Waals surface area contributed by atoms with Crippen molar-refractivity contribution in [1.29, 1.82) is 0 Å². The number of carbonyl (C=O) groups is 2. The Labute approximate surface area is 178 Å².